The topological polar surface area (TPSA) is 107 Å². The minimum atomic E-state index is -0.701. The van der Waals surface area contributed by atoms with E-state index in [0.29, 0.717) is 0 Å². The Balaban J connectivity index is 3.25. The number of aromatic nitrogens is 2. The monoisotopic (exact) mass is 231 g/mol. The summed E-state index contributed by atoms with van der Waals surface area (Å²) in [4.78, 5) is 18.7. The molecule has 1 rings (SSSR count). The van der Waals surface area contributed by atoms with E-state index in [1.807, 2.05) is 0 Å². The van der Waals surface area contributed by atoms with Crippen molar-refractivity contribution in [3.05, 3.63) is 10.8 Å². The number of hydrogen-bond donors (Lipinski definition) is 2. The van der Waals surface area contributed by atoms with E-state index < -0.39 is 5.97 Å². The molecule has 0 aliphatic rings. The Morgan fingerprint density at radius 1 is 1.53 bits per heavy atom. The standard InChI is InChI=1S/C7H10ClN5O2/c1-13(10)6-4(8)11-3(5(9)12-6)7(14)15-2/h10H2,1-2H3,(H2,9,12). The van der Waals surface area contributed by atoms with Gasteiger partial charge in [-0.25, -0.2) is 20.6 Å². The second-order valence-corrected chi connectivity index (χ2v) is 3.03. The van der Waals surface area contributed by atoms with Gasteiger partial charge < -0.3 is 10.5 Å². The first-order valence-electron chi connectivity index (χ1n) is 3.87. The molecule has 0 aromatic carbocycles. The average molecular weight is 232 g/mol. The fourth-order valence-corrected chi connectivity index (χ4v) is 1.15. The Bertz CT molecular complexity index is 395. The van der Waals surface area contributed by atoms with Gasteiger partial charge in [0.05, 0.1) is 7.11 Å². The number of nitrogens with zero attached hydrogens (tertiary/aromatic N) is 3. The van der Waals surface area contributed by atoms with E-state index in [-0.39, 0.29) is 22.5 Å². The molecule has 0 aliphatic carbocycles. The van der Waals surface area contributed by atoms with E-state index in [9.17, 15) is 4.79 Å². The lowest BCUT2D eigenvalue weighted by Gasteiger charge is -2.13. The molecule has 1 heterocycles. The molecule has 7 nitrogen and oxygen atoms in total. The number of hydrogen-bond acceptors (Lipinski definition) is 7. The van der Waals surface area contributed by atoms with Crippen molar-refractivity contribution in [2.45, 2.75) is 0 Å². The Hall–Kier alpha value is -1.60. The van der Waals surface area contributed by atoms with Crippen molar-refractivity contribution in [2.75, 3.05) is 24.9 Å². The smallest absolute Gasteiger partial charge is 0.360 e. The number of carbonyl (C=O) groups is 1. The molecule has 82 valence electrons. The number of rotatable bonds is 2. The van der Waals surface area contributed by atoms with Crippen LogP contribution in [0, 0.1) is 0 Å². The molecule has 0 aliphatic heterocycles. The molecule has 8 heteroatoms. The van der Waals surface area contributed by atoms with E-state index in [1.54, 1.807) is 0 Å². The lowest BCUT2D eigenvalue weighted by molar-refractivity contribution is 0.0595. The molecule has 4 N–H and O–H groups in total. The third kappa shape index (κ3) is 2.25. The number of esters is 1. The molecular formula is C7H10ClN5O2. The highest BCUT2D eigenvalue weighted by molar-refractivity contribution is 6.32. The van der Waals surface area contributed by atoms with Crippen molar-refractivity contribution in [1.82, 2.24) is 9.97 Å². The van der Waals surface area contributed by atoms with Gasteiger partial charge in [0.25, 0.3) is 0 Å². The number of nitrogen functional groups attached to an aromatic ring is 1. The number of hydrazine groups is 1. The van der Waals surface area contributed by atoms with Gasteiger partial charge in [-0.2, -0.15) is 0 Å². The first kappa shape index (κ1) is 11.5. The summed E-state index contributed by atoms with van der Waals surface area (Å²) in [6.07, 6.45) is 0. The Morgan fingerprint density at radius 2 is 2.13 bits per heavy atom. The van der Waals surface area contributed by atoms with Gasteiger partial charge in [0.15, 0.2) is 22.5 Å². The van der Waals surface area contributed by atoms with Crippen molar-refractivity contribution in [1.29, 1.82) is 0 Å². The fraction of sp³-hybridized carbons (Fsp3) is 0.286. The van der Waals surface area contributed by atoms with Crippen LogP contribution >= 0.6 is 11.6 Å². The highest BCUT2D eigenvalue weighted by Gasteiger charge is 2.18. The minimum absolute atomic E-state index is 0.0189. The van der Waals surface area contributed by atoms with E-state index in [2.05, 4.69) is 14.7 Å². The van der Waals surface area contributed by atoms with Crippen molar-refractivity contribution in [3.63, 3.8) is 0 Å². The molecule has 15 heavy (non-hydrogen) atoms. The van der Waals surface area contributed by atoms with Crippen molar-refractivity contribution in [2.24, 2.45) is 5.84 Å². The summed E-state index contributed by atoms with van der Waals surface area (Å²) in [6.45, 7) is 0. The first-order valence-corrected chi connectivity index (χ1v) is 4.25. The van der Waals surface area contributed by atoms with Crippen molar-refractivity contribution >= 4 is 29.2 Å². The van der Waals surface area contributed by atoms with Crippen LogP contribution in [0.4, 0.5) is 11.6 Å². The normalized spacial score (nSPS) is 9.87. The molecule has 0 saturated carbocycles. The summed E-state index contributed by atoms with van der Waals surface area (Å²) >= 11 is 5.74. The predicted octanol–water partition coefficient (Wildman–Crippen LogP) is -0.191. The molecule has 1 aromatic rings. The van der Waals surface area contributed by atoms with Crippen LogP contribution in [-0.4, -0.2) is 30.1 Å². The van der Waals surface area contributed by atoms with Gasteiger partial charge in [0, 0.05) is 7.05 Å². The molecular weight excluding hydrogens is 222 g/mol. The SMILES string of the molecule is COC(=O)c1nc(Cl)c(N(C)N)nc1N. The Kier molecular flexibility index (Phi) is 3.28. The molecule has 0 bridgehead atoms. The maximum Gasteiger partial charge on any atom is 0.360 e. The fourth-order valence-electron chi connectivity index (χ4n) is 0.890. The van der Waals surface area contributed by atoms with Gasteiger partial charge in [-0.1, -0.05) is 11.6 Å². The van der Waals surface area contributed by atoms with Crippen LogP contribution in [0.2, 0.25) is 5.15 Å². The minimum Gasteiger partial charge on any atom is -0.464 e. The molecule has 0 atom stereocenters. The largest absolute Gasteiger partial charge is 0.464 e. The Labute approximate surface area is 91.0 Å². The molecule has 0 spiro atoms. The molecule has 0 radical (unpaired) electrons. The zero-order chi connectivity index (χ0) is 11.6. The maximum absolute atomic E-state index is 11.2. The van der Waals surface area contributed by atoms with Crippen LogP contribution in [0.5, 0.6) is 0 Å². The van der Waals surface area contributed by atoms with E-state index in [0.717, 1.165) is 5.01 Å². The van der Waals surface area contributed by atoms with E-state index >= 15 is 0 Å². The van der Waals surface area contributed by atoms with Gasteiger partial charge >= 0.3 is 5.97 Å². The number of anilines is 2. The zero-order valence-electron chi connectivity index (χ0n) is 8.19. The van der Waals surface area contributed by atoms with Crippen LogP contribution in [-0.2, 0) is 4.74 Å². The summed E-state index contributed by atoms with van der Waals surface area (Å²) in [5, 5.41) is 1.13. The van der Waals surface area contributed by atoms with Gasteiger partial charge in [-0.3, -0.25) is 5.01 Å². The third-order valence-electron chi connectivity index (χ3n) is 1.58. The molecule has 0 amide bonds. The van der Waals surface area contributed by atoms with Crippen LogP contribution in [0.3, 0.4) is 0 Å². The molecule has 0 fully saturated rings. The van der Waals surface area contributed by atoms with Gasteiger partial charge in [-0.05, 0) is 0 Å². The molecule has 0 saturated heterocycles. The van der Waals surface area contributed by atoms with Gasteiger partial charge in [-0.15, -0.1) is 0 Å². The lowest BCUT2D eigenvalue weighted by Crippen LogP contribution is -2.27. The number of halogens is 1. The van der Waals surface area contributed by atoms with Crippen LogP contribution in [0.15, 0.2) is 0 Å². The highest BCUT2D eigenvalue weighted by Crippen LogP contribution is 2.21. The summed E-state index contributed by atoms with van der Waals surface area (Å²) < 4.78 is 4.45. The summed E-state index contributed by atoms with van der Waals surface area (Å²) in [7, 11) is 2.73. The predicted molar refractivity (Wildman–Crippen MR) is 55.4 cm³/mol. The van der Waals surface area contributed by atoms with Gasteiger partial charge in [0.2, 0.25) is 0 Å². The molecule has 0 unspecified atom stereocenters. The zero-order valence-corrected chi connectivity index (χ0v) is 8.95. The molecule has 1 aromatic heterocycles. The Morgan fingerprint density at radius 3 is 2.60 bits per heavy atom. The quantitative estimate of drug-likeness (QED) is 0.413. The number of ether oxygens (including phenoxy) is 1. The van der Waals surface area contributed by atoms with Crippen molar-refractivity contribution < 1.29 is 9.53 Å². The summed E-state index contributed by atoms with van der Waals surface area (Å²) in [5.74, 6) is 4.81. The summed E-state index contributed by atoms with van der Waals surface area (Å²) in [6, 6.07) is 0. The lowest BCUT2D eigenvalue weighted by atomic mass is 10.4. The van der Waals surface area contributed by atoms with Gasteiger partial charge in [0.1, 0.15) is 0 Å². The number of nitrogens with two attached hydrogens (primary N) is 2. The first-order chi connectivity index (χ1) is 6.97. The number of carbonyl (C=O) groups excluding carboxylic acids is 1. The third-order valence-corrected chi connectivity index (χ3v) is 1.83. The summed E-state index contributed by atoms with van der Waals surface area (Å²) in [5.41, 5.74) is 5.36. The highest BCUT2D eigenvalue weighted by atomic mass is 35.5. The van der Waals surface area contributed by atoms with Crippen LogP contribution < -0.4 is 16.6 Å². The second kappa shape index (κ2) is 4.28. The number of methoxy groups -OCH3 is 1. The van der Waals surface area contributed by atoms with Crippen LogP contribution in [0.1, 0.15) is 10.5 Å². The van der Waals surface area contributed by atoms with Crippen LogP contribution in [0.25, 0.3) is 0 Å². The second-order valence-electron chi connectivity index (χ2n) is 2.67. The van der Waals surface area contributed by atoms with E-state index in [4.69, 9.17) is 23.2 Å². The maximum atomic E-state index is 11.2. The van der Waals surface area contributed by atoms with E-state index in [1.165, 1.54) is 14.2 Å². The van der Waals surface area contributed by atoms with Crippen molar-refractivity contribution in [3.8, 4) is 0 Å². The average Bonchev–Trinajstić information content (AvgIpc) is 2.19.